The minimum absolute atomic E-state index is 0. The number of aromatic nitrogens is 1. The van der Waals surface area contributed by atoms with Gasteiger partial charge in [0.2, 0.25) is 11.8 Å². The number of nitrogens with zero attached hydrogens (tertiary/aromatic N) is 4. The predicted octanol–water partition coefficient (Wildman–Crippen LogP) is 0.739. The number of oxazole rings is 1. The summed E-state index contributed by atoms with van der Waals surface area (Å²) in [5.74, 6) is 2.40. The van der Waals surface area contributed by atoms with Crippen molar-refractivity contribution in [3.05, 3.63) is 17.3 Å². The van der Waals surface area contributed by atoms with Gasteiger partial charge in [0.25, 0.3) is 0 Å². The molecule has 1 amide bonds. The molecule has 0 saturated carbocycles. The third-order valence-electron chi connectivity index (χ3n) is 4.24. The first-order chi connectivity index (χ1) is 11.5. The molecule has 0 spiro atoms. The summed E-state index contributed by atoms with van der Waals surface area (Å²) in [6.45, 7) is 11.1. The van der Waals surface area contributed by atoms with Crippen molar-refractivity contribution in [3.63, 3.8) is 0 Å². The molecular formula is C16H29IN6O2. The van der Waals surface area contributed by atoms with E-state index >= 15 is 0 Å². The molecule has 0 radical (unpaired) electrons. The molecule has 1 aromatic rings. The van der Waals surface area contributed by atoms with E-state index in [-0.39, 0.29) is 29.9 Å². The Morgan fingerprint density at radius 3 is 2.44 bits per heavy atom. The van der Waals surface area contributed by atoms with E-state index in [0.717, 1.165) is 56.7 Å². The third-order valence-corrected chi connectivity index (χ3v) is 4.24. The third kappa shape index (κ3) is 6.81. The second kappa shape index (κ2) is 10.6. The van der Waals surface area contributed by atoms with Gasteiger partial charge in [-0.25, -0.2) is 4.98 Å². The Balaban J connectivity index is 0.00000312. The number of carbonyl (C=O) groups is 1. The van der Waals surface area contributed by atoms with Gasteiger partial charge < -0.3 is 20.0 Å². The van der Waals surface area contributed by atoms with Crippen molar-refractivity contribution in [2.45, 2.75) is 27.3 Å². The van der Waals surface area contributed by atoms with Crippen LogP contribution < -0.4 is 10.6 Å². The quantitative estimate of drug-likeness (QED) is 0.380. The largest absolute Gasteiger partial charge is 0.444 e. The molecule has 1 fully saturated rings. The van der Waals surface area contributed by atoms with E-state index in [9.17, 15) is 4.79 Å². The molecule has 0 bridgehead atoms. The second-order valence-corrected chi connectivity index (χ2v) is 5.95. The van der Waals surface area contributed by atoms with E-state index in [2.05, 4.69) is 25.5 Å². The summed E-state index contributed by atoms with van der Waals surface area (Å²) in [6.07, 6.45) is 0. The Kier molecular flexibility index (Phi) is 9.19. The molecule has 8 nitrogen and oxygen atoms in total. The number of piperazine rings is 1. The molecule has 0 atom stereocenters. The number of aliphatic imine (C=N–C) groups is 1. The van der Waals surface area contributed by atoms with Crippen molar-refractivity contribution >= 4 is 35.8 Å². The van der Waals surface area contributed by atoms with Gasteiger partial charge in [-0.15, -0.1) is 24.0 Å². The van der Waals surface area contributed by atoms with Crippen molar-refractivity contribution in [1.82, 2.24) is 25.4 Å². The Hall–Kier alpha value is -1.36. The Morgan fingerprint density at radius 2 is 1.92 bits per heavy atom. The molecule has 1 aliphatic heterocycles. The number of hydrogen-bond acceptors (Lipinski definition) is 5. The van der Waals surface area contributed by atoms with Crippen molar-refractivity contribution in [1.29, 1.82) is 0 Å². The highest BCUT2D eigenvalue weighted by Crippen LogP contribution is 2.07. The molecule has 1 aromatic heterocycles. The monoisotopic (exact) mass is 464 g/mol. The summed E-state index contributed by atoms with van der Waals surface area (Å²) >= 11 is 0. The number of carbonyl (C=O) groups excluding carboxylic acids is 1. The lowest BCUT2D eigenvalue weighted by Crippen LogP contribution is -2.50. The van der Waals surface area contributed by atoms with E-state index in [1.54, 1.807) is 14.0 Å². The molecular weight excluding hydrogens is 435 g/mol. The fourth-order valence-corrected chi connectivity index (χ4v) is 2.61. The molecule has 2 heterocycles. The fourth-order valence-electron chi connectivity index (χ4n) is 2.61. The number of amides is 1. The van der Waals surface area contributed by atoms with Crippen LogP contribution in [0, 0.1) is 13.8 Å². The van der Waals surface area contributed by atoms with E-state index < -0.39 is 0 Å². The predicted molar refractivity (Wildman–Crippen MR) is 108 cm³/mol. The SMILES string of the molecule is CN=C(NCCN1CCN(C(C)=O)CC1)NCc1nc(C)c(C)o1.I. The van der Waals surface area contributed by atoms with Crippen LogP contribution in [-0.2, 0) is 11.3 Å². The molecule has 0 aliphatic carbocycles. The highest BCUT2D eigenvalue weighted by molar-refractivity contribution is 14.0. The van der Waals surface area contributed by atoms with Gasteiger partial charge in [-0.1, -0.05) is 0 Å². The Labute approximate surface area is 166 Å². The summed E-state index contributed by atoms with van der Waals surface area (Å²) in [4.78, 5) is 24.1. The second-order valence-electron chi connectivity index (χ2n) is 5.95. The lowest BCUT2D eigenvalue weighted by Gasteiger charge is -2.34. The van der Waals surface area contributed by atoms with Gasteiger partial charge in [-0.2, -0.15) is 0 Å². The van der Waals surface area contributed by atoms with Gasteiger partial charge >= 0.3 is 0 Å². The first kappa shape index (κ1) is 21.7. The van der Waals surface area contributed by atoms with Crippen molar-refractivity contribution in [2.24, 2.45) is 4.99 Å². The highest BCUT2D eigenvalue weighted by Gasteiger charge is 2.17. The number of guanidine groups is 1. The van der Waals surface area contributed by atoms with E-state index in [1.807, 2.05) is 18.7 Å². The van der Waals surface area contributed by atoms with E-state index in [0.29, 0.717) is 12.4 Å². The van der Waals surface area contributed by atoms with Gasteiger partial charge in [-0.3, -0.25) is 14.7 Å². The molecule has 142 valence electrons. The number of rotatable bonds is 5. The minimum atomic E-state index is 0. The lowest BCUT2D eigenvalue weighted by atomic mass is 10.3. The molecule has 9 heteroatoms. The fraction of sp³-hybridized carbons (Fsp3) is 0.688. The van der Waals surface area contributed by atoms with Gasteiger partial charge in [0.15, 0.2) is 5.96 Å². The van der Waals surface area contributed by atoms with Gasteiger partial charge in [0, 0.05) is 53.2 Å². The normalized spacial score (nSPS) is 15.7. The topological polar surface area (TPSA) is 86.0 Å². The maximum absolute atomic E-state index is 11.3. The van der Waals surface area contributed by atoms with Crippen LogP contribution in [0.2, 0.25) is 0 Å². The summed E-state index contributed by atoms with van der Waals surface area (Å²) in [6, 6.07) is 0. The summed E-state index contributed by atoms with van der Waals surface area (Å²) in [5.41, 5.74) is 0.916. The number of hydrogen-bond donors (Lipinski definition) is 2. The molecule has 25 heavy (non-hydrogen) atoms. The first-order valence-corrected chi connectivity index (χ1v) is 8.35. The molecule has 1 aliphatic rings. The molecule has 0 unspecified atom stereocenters. The average molecular weight is 464 g/mol. The van der Waals surface area contributed by atoms with Crippen LogP contribution in [-0.4, -0.2) is 73.0 Å². The highest BCUT2D eigenvalue weighted by atomic mass is 127. The molecule has 2 N–H and O–H groups in total. The lowest BCUT2D eigenvalue weighted by molar-refractivity contribution is -0.130. The van der Waals surface area contributed by atoms with Crippen molar-refractivity contribution in [3.8, 4) is 0 Å². The average Bonchev–Trinajstić information content (AvgIpc) is 2.89. The van der Waals surface area contributed by atoms with Crippen LogP contribution in [0.15, 0.2) is 9.41 Å². The smallest absolute Gasteiger partial charge is 0.219 e. The number of halogens is 1. The molecule has 0 aromatic carbocycles. The number of aryl methyl sites for hydroxylation is 2. The van der Waals surface area contributed by atoms with E-state index in [1.165, 1.54) is 0 Å². The van der Waals surface area contributed by atoms with Crippen molar-refractivity contribution in [2.75, 3.05) is 46.3 Å². The summed E-state index contributed by atoms with van der Waals surface area (Å²) in [5, 5.41) is 6.49. The van der Waals surface area contributed by atoms with Crippen LogP contribution >= 0.6 is 24.0 Å². The van der Waals surface area contributed by atoms with Crippen LogP contribution in [0.3, 0.4) is 0 Å². The standard InChI is InChI=1S/C16H28N6O2.HI/c1-12-13(2)24-15(20-12)11-19-16(17-4)18-5-6-21-7-9-22(10-8-21)14(3)23;/h5-11H2,1-4H3,(H2,17,18,19);1H. The summed E-state index contributed by atoms with van der Waals surface area (Å²) < 4.78 is 5.54. The number of nitrogens with one attached hydrogen (secondary N) is 2. The molecule has 1 saturated heterocycles. The Bertz CT molecular complexity index is 562. The Morgan fingerprint density at radius 1 is 1.24 bits per heavy atom. The molecule has 2 rings (SSSR count). The summed E-state index contributed by atoms with van der Waals surface area (Å²) in [7, 11) is 1.74. The zero-order valence-corrected chi connectivity index (χ0v) is 17.8. The van der Waals surface area contributed by atoms with Gasteiger partial charge in [0.1, 0.15) is 5.76 Å². The zero-order valence-electron chi connectivity index (χ0n) is 15.5. The van der Waals surface area contributed by atoms with Crippen LogP contribution in [0.1, 0.15) is 24.3 Å². The first-order valence-electron chi connectivity index (χ1n) is 8.35. The zero-order chi connectivity index (χ0) is 17.5. The maximum atomic E-state index is 11.3. The van der Waals surface area contributed by atoms with E-state index in [4.69, 9.17) is 4.42 Å². The van der Waals surface area contributed by atoms with Crippen LogP contribution in [0.4, 0.5) is 0 Å². The van der Waals surface area contributed by atoms with Crippen LogP contribution in [0.5, 0.6) is 0 Å². The minimum Gasteiger partial charge on any atom is -0.444 e. The van der Waals surface area contributed by atoms with Gasteiger partial charge in [-0.05, 0) is 13.8 Å². The maximum Gasteiger partial charge on any atom is 0.219 e. The van der Waals surface area contributed by atoms with Gasteiger partial charge in [0.05, 0.1) is 12.2 Å². The van der Waals surface area contributed by atoms with Crippen LogP contribution in [0.25, 0.3) is 0 Å². The van der Waals surface area contributed by atoms with Crippen molar-refractivity contribution < 1.29 is 9.21 Å².